The zero-order valence-electron chi connectivity index (χ0n) is 24.8. The summed E-state index contributed by atoms with van der Waals surface area (Å²) >= 11 is 0. The second-order valence-electron chi connectivity index (χ2n) is 12.9. The number of carbonyl (C=O) groups excluding carboxylic acids is 1. The van der Waals surface area contributed by atoms with Crippen LogP contribution in [0.4, 0.5) is 35.1 Å². The van der Waals surface area contributed by atoms with E-state index in [2.05, 4.69) is 10.2 Å². The van der Waals surface area contributed by atoms with E-state index in [0.29, 0.717) is 38.4 Å². The number of amides is 1. The van der Waals surface area contributed by atoms with E-state index in [1.165, 1.54) is 0 Å². The van der Waals surface area contributed by atoms with Crippen molar-refractivity contribution in [3.8, 4) is 0 Å². The Kier molecular flexibility index (Phi) is 8.24. The summed E-state index contributed by atoms with van der Waals surface area (Å²) in [4.78, 5) is 15.3. The first kappa shape index (κ1) is 34.1. The van der Waals surface area contributed by atoms with Crippen LogP contribution in [0, 0.1) is 11.7 Å². The minimum Gasteiger partial charge on any atom is -0.380 e. The number of nitrogens with one attached hydrogen (secondary N) is 1. The van der Waals surface area contributed by atoms with E-state index in [9.17, 15) is 49.1 Å². The van der Waals surface area contributed by atoms with Crippen LogP contribution in [0.15, 0.2) is 47.4 Å². The first-order valence-electron chi connectivity index (χ1n) is 15.2. The number of halogens is 8. The molecule has 2 aromatic carbocycles. The monoisotopic (exact) mass is 696 g/mol. The quantitative estimate of drug-likeness (QED) is 0.332. The highest BCUT2D eigenvalue weighted by Crippen LogP contribution is 2.59. The van der Waals surface area contributed by atoms with Crippen LogP contribution in [0.1, 0.15) is 48.8 Å². The molecule has 2 saturated heterocycles. The van der Waals surface area contributed by atoms with Gasteiger partial charge in [0, 0.05) is 30.6 Å². The molecule has 6 rings (SSSR count). The zero-order chi connectivity index (χ0) is 34.2. The van der Waals surface area contributed by atoms with Crippen LogP contribution in [0.2, 0.25) is 0 Å². The van der Waals surface area contributed by atoms with Gasteiger partial charge in [-0.25, -0.2) is 17.2 Å². The minimum absolute atomic E-state index is 0.0395. The summed E-state index contributed by atoms with van der Waals surface area (Å²) in [5.41, 5.74) is -9.51. The number of aliphatic hydroxyl groups is 1. The molecule has 0 aromatic heterocycles. The van der Waals surface area contributed by atoms with Crippen molar-refractivity contribution in [3.63, 3.8) is 0 Å². The van der Waals surface area contributed by atoms with E-state index in [1.807, 2.05) is 0 Å². The van der Waals surface area contributed by atoms with E-state index < -0.39 is 67.5 Å². The van der Waals surface area contributed by atoms with Crippen molar-refractivity contribution in [1.29, 1.82) is 0 Å². The van der Waals surface area contributed by atoms with E-state index in [4.69, 9.17) is 4.74 Å². The Balaban J connectivity index is 1.37. The van der Waals surface area contributed by atoms with Gasteiger partial charge in [-0.05, 0) is 73.9 Å². The average Bonchev–Trinajstić information content (AvgIpc) is 3.36. The van der Waals surface area contributed by atoms with Gasteiger partial charge in [-0.3, -0.25) is 9.69 Å². The van der Waals surface area contributed by atoms with Gasteiger partial charge in [-0.1, -0.05) is 18.2 Å². The number of nitrogens with zero attached hydrogens (tertiary/aromatic N) is 1. The number of carbonyl (C=O) groups is 1. The molecule has 47 heavy (non-hydrogen) atoms. The fourth-order valence-electron chi connectivity index (χ4n) is 7.78. The van der Waals surface area contributed by atoms with E-state index >= 15 is 4.39 Å². The summed E-state index contributed by atoms with van der Waals surface area (Å²) in [6.45, 7) is 1.97. The Morgan fingerprint density at radius 3 is 2.09 bits per heavy atom. The van der Waals surface area contributed by atoms with Crippen molar-refractivity contribution in [2.75, 3.05) is 26.3 Å². The number of ether oxygens (including phenoxy) is 1. The van der Waals surface area contributed by atoms with Crippen LogP contribution in [0.5, 0.6) is 0 Å². The Morgan fingerprint density at radius 1 is 0.915 bits per heavy atom. The normalized spacial score (nSPS) is 27.1. The third-order valence-corrected chi connectivity index (χ3v) is 13.1. The second kappa shape index (κ2) is 11.4. The molecule has 2 aliphatic heterocycles. The standard InChI is InChI=1S/C31H32F8N2O5S/c32-20-3-5-22(6-4-20)47(44,45)28-10-9-25(40-26(42)27(43)11-13-41(14-12-27)21-16-46-17-21)24(28)7-1-18-15-19(2-8-23(18)28)29(33,30(34,35)36)31(37,38)39/h2-6,8,15,21,24-25,43H,1,7,9-14,16-17H2,(H,40,42)/t24-,25+,28+/m0/s1. The summed E-state index contributed by atoms with van der Waals surface area (Å²) in [6, 6.07) is 4.70. The SMILES string of the molecule is O=C(N[C@@H]1CC[C@@]2(S(=O)(=O)c3ccc(F)cc3)c3ccc(C(F)(C(F)(F)F)C(F)(F)F)cc3CC[C@@H]12)C1(O)CCN(C2COC2)CC1. The fourth-order valence-corrected chi connectivity index (χ4v) is 10.2. The maximum atomic E-state index is 15.0. The molecular formula is C31H32F8N2O5S. The molecule has 2 heterocycles. The highest BCUT2D eigenvalue weighted by Gasteiger charge is 2.74. The van der Waals surface area contributed by atoms with Crippen molar-refractivity contribution >= 4 is 15.7 Å². The van der Waals surface area contributed by atoms with Gasteiger partial charge in [0.2, 0.25) is 0 Å². The molecule has 7 nitrogen and oxygen atoms in total. The molecule has 3 fully saturated rings. The Hall–Kier alpha value is -2.82. The number of likely N-dealkylation sites (tertiary alicyclic amines) is 1. The number of hydrogen-bond acceptors (Lipinski definition) is 6. The maximum absolute atomic E-state index is 15.0. The maximum Gasteiger partial charge on any atom is 0.435 e. The van der Waals surface area contributed by atoms with Gasteiger partial charge in [-0.2, -0.15) is 26.3 Å². The predicted octanol–water partition coefficient (Wildman–Crippen LogP) is 4.85. The van der Waals surface area contributed by atoms with Crippen molar-refractivity contribution in [2.24, 2.45) is 5.92 Å². The lowest BCUT2D eigenvalue weighted by Gasteiger charge is -2.45. The molecule has 0 unspecified atom stereocenters. The topological polar surface area (TPSA) is 95.9 Å². The average molecular weight is 697 g/mol. The molecule has 0 radical (unpaired) electrons. The molecule has 0 bridgehead atoms. The number of rotatable bonds is 6. The van der Waals surface area contributed by atoms with E-state index in [0.717, 1.165) is 30.3 Å². The predicted molar refractivity (Wildman–Crippen MR) is 150 cm³/mol. The number of fused-ring (bicyclic) bond motifs is 3. The lowest BCUT2D eigenvalue weighted by Crippen LogP contribution is -2.60. The Bertz CT molecular complexity index is 1620. The summed E-state index contributed by atoms with van der Waals surface area (Å²) in [6.07, 6.45) is -13.0. The number of hydrogen-bond donors (Lipinski definition) is 2. The van der Waals surface area contributed by atoms with Gasteiger partial charge >= 0.3 is 18.0 Å². The summed E-state index contributed by atoms with van der Waals surface area (Å²) < 4.78 is 143. The molecule has 2 aliphatic carbocycles. The summed E-state index contributed by atoms with van der Waals surface area (Å²) in [7, 11) is -4.56. The number of alkyl halides is 7. The number of sulfone groups is 1. The summed E-state index contributed by atoms with van der Waals surface area (Å²) in [5.74, 6) is -2.39. The molecule has 4 aliphatic rings. The fraction of sp³-hybridized carbons (Fsp3) is 0.581. The van der Waals surface area contributed by atoms with Crippen LogP contribution in [-0.2, 0) is 36.2 Å². The van der Waals surface area contributed by atoms with Crippen molar-refractivity contribution in [2.45, 2.75) is 83.9 Å². The zero-order valence-corrected chi connectivity index (χ0v) is 25.6. The largest absolute Gasteiger partial charge is 0.435 e. The third kappa shape index (κ3) is 5.24. The molecule has 3 atom stereocenters. The van der Waals surface area contributed by atoms with Gasteiger partial charge < -0.3 is 15.2 Å². The van der Waals surface area contributed by atoms with Gasteiger partial charge in [0.05, 0.1) is 24.2 Å². The highest BCUT2D eigenvalue weighted by atomic mass is 32.2. The first-order valence-corrected chi connectivity index (χ1v) is 16.6. The van der Waals surface area contributed by atoms with Crippen LogP contribution < -0.4 is 5.32 Å². The van der Waals surface area contributed by atoms with E-state index in [1.54, 1.807) is 0 Å². The van der Waals surface area contributed by atoms with Crippen molar-refractivity contribution in [1.82, 2.24) is 10.2 Å². The number of benzene rings is 2. The first-order chi connectivity index (χ1) is 21.8. The molecular weight excluding hydrogens is 664 g/mol. The van der Waals surface area contributed by atoms with Crippen LogP contribution >= 0.6 is 0 Å². The second-order valence-corrected chi connectivity index (χ2v) is 15.1. The van der Waals surface area contributed by atoms with Crippen molar-refractivity contribution < 1.29 is 58.2 Å². The highest BCUT2D eigenvalue weighted by molar-refractivity contribution is 7.92. The molecule has 1 amide bonds. The minimum atomic E-state index is -6.36. The molecule has 258 valence electrons. The molecule has 0 spiro atoms. The van der Waals surface area contributed by atoms with E-state index in [-0.39, 0.29) is 60.6 Å². The van der Waals surface area contributed by atoms with Crippen LogP contribution in [0.3, 0.4) is 0 Å². The molecule has 16 heteroatoms. The molecule has 2 N–H and O–H groups in total. The third-order valence-electron chi connectivity index (χ3n) is 10.5. The number of piperidine rings is 1. The van der Waals surface area contributed by atoms with Gasteiger partial charge in [0.25, 0.3) is 5.91 Å². The molecule has 2 aromatic rings. The Morgan fingerprint density at radius 2 is 1.53 bits per heavy atom. The molecule has 1 saturated carbocycles. The number of aryl methyl sites for hydroxylation is 1. The van der Waals surface area contributed by atoms with Crippen LogP contribution in [0.25, 0.3) is 0 Å². The smallest absolute Gasteiger partial charge is 0.380 e. The Labute approximate surface area is 265 Å². The lowest BCUT2D eigenvalue weighted by atomic mass is 9.73. The van der Waals surface area contributed by atoms with Gasteiger partial charge in [0.1, 0.15) is 16.2 Å². The van der Waals surface area contributed by atoms with Gasteiger partial charge in [-0.15, -0.1) is 0 Å². The van der Waals surface area contributed by atoms with Crippen LogP contribution in [-0.4, -0.2) is 80.7 Å². The summed E-state index contributed by atoms with van der Waals surface area (Å²) in [5, 5.41) is 14.1. The lowest BCUT2D eigenvalue weighted by molar-refractivity contribution is -0.348. The van der Waals surface area contributed by atoms with Gasteiger partial charge in [0.15, 0.2) is 9.84 Å². The van der Waals surface area contributed by atoms with Crippen molar-refractivity contribution in [3.05, 3.63) is 65.0 Å².